The predicted octanol–water partition coefficient (Wildman–Crippen LogP) is 4.10. The Morgan fingerprint density at radius 2 is 1.74 bits per heavy atom. The van der Waals surface area contributed by atoms with Crippen LogP contribution in [0.3, 0.4) is 0 Å². The highest BCUT2D eigenvalue weighted by Crippen LogP contribution is 2.29. The number of imide groups is 1. The number of carbonyl (C=O) groups is 3. The lowest BCUT2D eigenvalue weighted by molar-refractivity contribution is -0.124. The molecule has 2 heterocycles. The molecule has 1 aliphatic rings. The van der Waals surface area contributed by atoms with Crippen molar-refractivity contribution in [2.75, 3.05) is 10.2 Å². The maximum absolute atomic E-state index is 13.2. The van der Waals surface area contributed by atoms with Crippen molar-refractivity contribution in [2.24, 2.45) is 0 Å². The van der Waals surface area contributed by atoms with Crippen molar-refractivity contribution in [3.05, 3.63) is 89.7 Å². The number of nitrogens with one attached hydrogen (secondary N) is 1. The zero-order chi connectivity index (χ0) is 21.8. The first-order chi connectivity index (χ1) is 15.0. The van der Waals surface area contributed by atoms with Crippen LogP contribution < -0.4 is 10.2 Å². The normalized spacial score (nSPS) is 16.0. The van der Waals surface area contributed by atoms with E-state index < -0.39 is 18.0 Å². The Labute approximate surface area is 184 Å². The van der Waals surface area contributed by atoms with Crippen LogP contribution in [0.4, 0.5) is 16.2 Å². The molecule has 1 atom stereocenters. The minimum absolute atomic E-state index is 0.159. The minimum Gasteiger partial charge on any atom is -0.326 e. The summed E-state index contributed by atoms with van der Waals surface area (Å²) >= 11 is 5.94. The number of hydrogen-bond acceptors (Lipinski definition) is 4. The van der Waals surface area contributed by atoms with E-state index in [4.69, 9.17) is 11.6 Å². The molecule has 0 radical (unpaired) electrons. The summed E-state index contributed by atoms with van der Waals surface area (Å²) in [6, 6.07) is 17.5. The minimum atomic E-state index is -0.938. The number of para-hydroxylation sites is 1. The fraction of sp³-hybridized carbons (Fsp3) is 0.130. The van der Waals surface area contributed by atoms with Crippen LogP contribution in [0, 0.1) is 0 Å². The molecule has 1 aromatic heterocycles. The van der Waals surface area contributed by atoms with Crippen molar-refractivity contribution in [1.29, 1.82) is 0 Å². The highest BCUT2D eigenvalue weighted by atomic mass is 35.5. The van der Waals surface area contributed by atoms with Crippen LogP contribution in [0.5, 0.6) is 0 Å². The molecular weight excluding hydrogens is 416 g/mol. The van der Waals surface area contributed by atoms with Gasteiger partial charge in [-0.3, -0.25) is 14.6 Å². The van der Waals surface area contributed by atoms with E-state index in [2.05, 4.69) is 10.3 Å². The molecule has 31 heavy (non-hydrogen) atoms. The summed E-state index contributed by atoms with van der Waals surface area (Å²) in [5, 5.41) is 3.27. The third kappa shape index (κ3) is 4.57. The van der Waals surface area contributed by atoms with E-state index in [0.29, 0.717) is 16.4 Å². The van der Waals surface area contributed by atoms with E-state index in [0.717, 1.165) is 10.5 Å². The summed E-state index contributed by atoms with van der Waals surface area (Å²) in [7, 11) is 0. The van der Waals surface area contributed by atoms with Gasteiger partial charge in [0.15, 0.2) is 0 Å². The standard InChI is InChI=1S/C23H19ClN4O3/c24-17-8-10-19(11-9-17)28-22(30)20(13-21(29)26-18-6-2-1-3-7-18)27(23(28)31)15-16-5-4-12-25-14-16/h1-12,14,20H,13,15H2,(H,26,29). The maximum atomic E-state index is 13.2. The fourth-order valence-corrected chi connectivity index (χ4v) is 3.56. The second kappa shape index (κ2) is 8.97. The largest absolute Gasteiger partial charge is 0.332 e. The van der Waals surface area contributed by atoms with E-state index in [-0.39, 0.29) is 18.9 Å². The van der Waals surface area contributed by atoms with E-state index in [9.17, 15) is 14.4 Å². The van der Waals surface area contributed by atoms with E-state index in [1.54, 1.807) is 67.0 Å². The van der Waals surface area contributed by atoms with Crippen LogP contribution in [-0.2, 0) is 16.1 Å². The number of hydrogen-bond donors (Lipinski definition) is 1. The molecule has 1 saturated heterocycles. The van der Waals surface area contributed by atoms with Gasteiger partial charge in [0, 0.05) is 29.6 Å². The molecule has 0 bridgehead atoms. The number of aromatic nitrogens is 1. The number of anilines is 2. The van der Waals surface area contributed by atoms with Gasteiger partial charge in [-0.1, -0.05) is 35.9 Å². The Hall–Kier alpha value is -3.71. The summed E-state index contributed by atoms with van der Waals surface area (Å²) < 4.78 is 0. The molecule has 8 heteroatoms. The summed E-state index contributed by atoms with van der Waals surface area (Å²) in [5.74, 6) is -0.814. The van der Waals surface area contributed by atoms with Gasteiger partial charge in [0.2, 0.25) is 5.91 Å². The number of benzene rings is 2. The Balaban J connectivity index is 1.60. The molecule has 1 fully saturated rings. The Morgan fingerprint density at radius 1 is 1.00 bits per heavy atom. The number of urea groups is 1. The highest BCUT2D eigenvalue weighted by molar-refractivity contribution is 6.30. The summed E-state index contributed by atoms with van der Waals surface area (Å²) in [6.45, 7) is 0.159. The summed E-state index contributed by atoms with van der Waals surface area (Å²) in [4.78, 5) is 45.6. The lowest BCUT2D eigenvalue weighted by Crippen LogP contribution is -2.37. The van der Waals surface area contributed by atoms with Gasteiger partial charge in [-0.2, -0.15) is 0 Å². The Bertz CT molecular complexity index is 1090. The van der Waals surface area contributed by atoms with Crippen LogP contribution in [0.25, 0.3) is 0 Å². The van der Waals surface area contributed by atoms with Crippen molar-refractivity contribution in [3.8, 4) is 0 Å². The smallest absolute Gasteiger partial charge is 0.326 e. The molecule has 156 valence electrons. The number of pyridine rings is 1. The van der Waals surface area contributed by atoms with E-state index >= 15 is 0 Å². The van der Waals surface area contributed by atoms with Gasteiger partial charge in [0.25, 0.3) is 5.91 Å². The first-order valence-corrected chi connectivity index (χ1v) is 10.0. The summed E-state index contributed by atoms with van der Waals surface area (Å²) in [6.07, 6.45) is 3.10. The lowest BCUT2D eigenvalue weighted by Gasteiger charge is -2.21. The van der Waals surface area contributed by atoms with Crippen LogP contribution in [0.15, 0.2) is 79.1 Å². The van der Waals surface area contributed by atoms with Crippen molar-refractivity contribution < 1.29 is 14.4 Å². The topological polar surface area (TPSA) is 82.6 Å². The SMILES string of the molecule is O=C(CC1C(=O)N(c2ccc(Cl)cc2)C(=O)N1Cc1cccnc1)Nc1ccccc1. The van der Waals surface area contributed by atoms with Gasteiger partial charge < -0.3 is 10.2 Å². The number of nitrogens with zero attached hydrogens (tertiary/aromatic N) is 3. The van der Waals surface area contributed by atoms with E-state index in [1.807, 2.05) is 12.1 Å². The average Bonchev–Trinajstić information content (AvgIpc) is 3.00. The molecule has 1 unspecified atom stereocenters. The van der Waals surface area contributed by atoms with Gasteiger partial charge >= 0.3 is 6.03 Å². The second-order valence-electron chi connectivity index (χ2n) is 7.06. The predicted molar refractivity (Wildman–Crippen MR) is 118 cm³/mol. The summed E-state index contributed by atoms with van der Waals surface area (Å²) in [5.41, 5.74) is 1.79. The zero-order valence-corrected chi connectivity index (χ0v) is 17.2. The number of amides is 4. The molecule has 7 nitrogen and oxygen atoms in total. The molecular formula is C23H19ClN4O3. The van der Waals surface area contributed by atoms with Gasteiger partial charge in [0.1, 0.15) is 6.04 Å². The molecule has 3 aromatic rings. The molecule has 0 aliphatic carbocycles. The fourth-order valence-electron chi connectivity index (χ4n) is 3.44. The van der Waals surface area contributed by atoms with Gasteiger partial charge in [-0.25, -0.2) is 9.69 Å². The third-order valence-corrected chi connectivity index (χ3v) is 5.17. The quantitative estimate of drug-likeness (QED) is 0.592. The van der Waals surface area contributed by atoms with Gasteiger partial charge in [-0.05, 0) is 48.0 Å². The van der Waals surface area contributed by atoms with Crippen molar-refractivity contribution >= 4 is 40.8 Å². The number of carbonyl (C=O) groups excluding carboxylic acids is 3. The van der Waals surface area contributed by atoms with Crippen LogP contribution in [0.2, 0.25) is 5.02 Å². The molecule has 4 amide bonds. The molecule has 0 spiro atoms. The Morgan fingerprint density at radius 3 is 2.42 bits per heavy atom. The average molecular weight is 435 g/mol. The lowest BCUT2D eigenvalue weighted by atomic mass is 10.1. The van der Waals surface area contributed by atoms with Crippen molar-refractivity contribution in [2.45, 2.75) is 19.0 Å². The van der Waals surface area contributed by atoms with E-state index in [1.165, 1.54) is 4.90 Å². The van der Waals surface area contributed by atoms with Crippen LogP contribution in [-0.4, -0.2) is 33.8 Å². The molecule has 4 rings (SSSR count). The third-order valence-electron chi connectivity index (χ3n) is 4.92. The molecule has 2 aromatic carbocycles. The van der Waals surface area contributed by atoms with Gasteiger partial charge in [-0.15, -0.1) is 0 Å². The Kier molecular flexibility index (Phi) is 5.95. The van der Waals surface area contributed by atoms with Gasteiger partial charge in [0.05, 0.1) is 12.1 Å². The van der Waals surface area contributed by atoms with Crippen molar-refractivity contribution in [3.63, 3.8) is 0 Å². The highest BCUT2D eigenvalue weighted by Gasteiger charge is 2.46. The second-order valence-corrected chi connectivity index (χ2v) is 7.49. The molecule has 1 aliphatic heterocycles. The molecule has 1 N–H and O–H groups in total. The number of rotatable bonds is 6. The maximum Gasteiger partial charge on any atom is 0.332 e. The zero-order valence-electron chi connectivity index (χ0n) is 16.4. The number of halogens is 1. The first-order valence-electron chi connectivity index (χ1n) is 9.67. The van der Waals surface area contributed by atoms with Crippen molar-refractivity contribution in [1.82, 2.24) is 9.88 Å². The van der Waals surface area contributed by atoms with Crippen LogP contribution >= 0.6 is 11.6 Å². The monoisotopic (exact) mass is 434 g/mol. The first kappa shape index (κ1) is 20.6. The molecule has 0 saturated carbocycles. The van der Waals surface area contributed by atoms with Crippen LogP contribution in [0.1, 0.15) is 12.0 Å².